The van der Waals surface area contributed by atoms with E-state index in [0.29, 0.717) is 0 Å². The second-order valence-corrected chi connectivity index (χ2v) is 6.60. The molecule has 1 N–H and O–H groups in total. The molecule has 0 spiro atoms. The predicted molar refractivity (Wildman–Crippen MR) is 110 cm³/mol. The fourth-order valence-electron chi connectivity index (χ4n) is 2.72. The molecular formula is C22H23ClFNO3. The first-order valence-electron chi connectivity index (χ1n) is 9.11. The van der Waals surface area contributed by atoms with Crippen LogP contribution in [0.25, 0.3) is 6.08 Å². The summed E-state index contributed by atoms with van der Waals surface area (Å²) >= 11 is 5.91. The summed E-state index contributed by atoms with van der Waals surface area (Å²) in [5.74, 6) is -1.74. The van der Waals surface area contributed by atoms with Crippen molar-refractivity contribution in [3.05, 3.63) is 70.0 Å². The zero-order chi connectivity index (χ0) is 20.7. The Labute approximate surface area is 169 Å². The van der Waals surface area contributed by atoms with Gasteiger partial charge >= 0.3 is 5.97 Å². The number of halogens is 2. The van der Waals surface area contributed by atoms with Crippen molar-refractivity contribution in [2.24, 2.45) is 0 Å². The number of anilines is 1. The van der Waals surface area contributed by atoms with Crippen LogP contribution in [0.2, 0.25) is 5.02 Å². The first kappa shape index (κ1) is 21.6. The topological polar surface area (TPSA) is 55.4 Å². The maximum Gasteiger partial charge on any atom is 0.331 e. The Balaban J connectivity index is 2.05. The lowest BCUT2D eigenvalue weighted by molar-refractivity contribution is -0.148. The van der Waals surface area contributed by atoms with Crippen molar-refractivity contribution < 1.29 is 18.7 Å². The molecule has 0 bridgehead atoms. The van der Waals surface area contributed by atoms with Crippen molar-refractivity contribution in [2.45, 2.75) is 39.7 Å². The molecule has 28 heavy (non-hydrogen) atoms. The van der Waals surface area contributed by atoms with Crippen molar-refractivity contribution in [3.8, 4) is 0 Å². The van der Waals surface area contributed by atoms with E-state index < -0.39 is 23.8 Å². The van der Waals surface area contributed by atoms with Gasteiger partial charge in [-0.25, -0.2) is 9.18 Å². The number of benzene rings is 2. The molecule has 0 aliphatic rings. The van der Waals surface area contributed by atoms with E-state index in [1.165, 1.54) is 31.2 Å². The molecular weight excluding hydrogens is 381 g/mol. The summed E-state index contributed by atoms with van der Waals surface area (Å²) in [4.78, 5) is 24.5. The summed E-state index contributed by atoms with van der Waals surface area (Å²) in [6.07, 6.45) is 2.80. The number of ether oxygens (including phenoxy) is 1. The maximum absolute atomic E-state index is 13.7. The van der Waals surface area contributed by atoms with Gasteiger partial charge in [-0.15, -0.1) is 0 Å². The lowest BCUT2D eigenvalue weighted by Crippen LogP contribution is -2.30. The Morgan fingerprint density at radius 2 is 1.75 bits per heavy atom. The minimum Gasteiger partial charge on any atom is -0.449 e. The van der Waals surface area contributed by atoms with Crippen molar-refractivity contribution in [3.63, 3.8) is 0 Å². The quantitative estimate of drug-likeness (QED) is 0.511. The van der Waals surface area contributed by atoms with Crippen LogP contribution in [0.5, 0.6) is 0 Å². The number of carbonyl (C=O) groups excluding carboxylic acids is 2. The Bertz CT molecular complexity index is 853. The van der Waals surface area contributed by atoms with E-state index in [1.807, 2.05) is 32.0 Å². The van der Waals surface area contributed by atoms with Crippen LogP contribution < -0.4 is 5.32 Å². The van der Waals surface area contributed by atoms with Crippen molar-refractivity contribution in [2.75, 3.05) is 5.32 Å². The highest BCUT2D eigenvalue weighted by Crippen LogP contribution is 2.23. The number of hydrogen-bond acceptors (Lipinski definition) is 3. The van der Waals surface area contributed by atoms with Gasteiger partial charge < -0.3 is 10.1 Å². The number of nitrogens with one attached hydrogen (secondary N) is 1. The lowest BCUT2D eigenvalue weighted by Gasteiger charge is -2.17. The number of para-hydroxylation sites is 1. The van der Waals surface area contributed by atoms with Crippen LogP contribution in [0.3, 0.4) is 0 Å². The lowest BCUT2D eigenvalue weighted by atomic mass is 10.0. The van der Waals surface area contributed by atoms with Crippen LogP contribution in [-0.4, -0.2) is 18.0 Å². The van der Waals surface area contributed by atoms with E-state index >= 15 is 0 Å². The molecule has 0 aromatic heterocycles. The monoisotopic (exact) mass is 403 g/mol. The molecule has 0 heterocycles. The Kier molecular flexibility index (Phi) is 7.76. The molecule has 0 unspecified atom stereocenters. The van der Waals surface area contributed by atoms with Crippen LogP contribution in [0.1, 0.15) is 37.5 Å². The molecule has 0 saturated heterocycles. The van der Waals surface area contributed by atoms with E-state index in [1.54, 1.807) is 0 Å². The van der Waals surface area contributed by atoms with Gasteiger partial charge in [0.05, 0.1) is 5.02 Å². The smallest absolute Gasteiger partial charge is 0.331 e. The molecule has 6 heteroatoms. The number of amides is 1. The van der Waals surface area contributed by atoms with Crippen LogP contribution in [0, 0.1) is 5.82 Å². The zero-order valence-corrected chi connectivity index (χ0v) is 16.8. The Morgan fingerprint density at radius 1 is 1.14 bits per heavy atom. The zero-order valence-electron chi connectivity index (χ0n) is 16.1. The normalized spacial score (nSPS) is 12.0. The summed E-state index contributed by atoms with van der Waals surface area (Å²) in [6.45, 7) is 5.50. The third-order valence-corrected chi connectivity index (χ3v) is 4.62. The molecule has 0 aliphatic heterocycles. The van der Waals surface area contributed by atoms with Gasteiger partial charge in [0.25, 0.3) is 5.91 Å². The fourth-order valence-corrected chi connectivity index (χ4v) is 2.94. The van der Waals surface area contributed by atoms with Gasteiger partial charge in [0.15, 0.2) is 6.10 Å². The molecule has 0 radical (unpaired) electrons. The van der Waals surface area contributed by atoms with Gasteiger partial charge in [0, 0.05) is 17.3 Å². The minimum atomic E-state index is -1.01. The standard InChI is InChI=1S/C22H23ClFNO3/c1-4-15-8-6-9-16(5-2)21(15)25-22(27)14(3)28-20(26)13-12-17-18(23)10-7-11-19(17)24/h6-14H,4-5H2,1-3H3,(H,25,27)/b13-12+/t14-/m0/s1. The molecule has 1 amide bonds. The van der Waals surface area contributed by atoms with Gasteiger partial charge in [0.1, 0.15) is 5.82 Å². The summed E-state index contributed by atoms with van der Waals surface area (Å²) in [5, 5.41) is 3.04. The molecule has 148 valence electrons. The summed E-state index contributed by atoms with van der Waals surface area (Å²) in [7, 11) is 0. The van der Waals surface area contributed by atoms with Crippen molar-refractivity contribution in [1.82, 2.24) is 0 Å². The average molecular weight is 404 g/mol. The minimum absolute atomic E-state index is 0.0858. The third-order valence-electron chi connectivity index (χ3n) is 4.29. The number of esters is 1. The van der Waals surface area contributed by atoms with Crippen LogP contribution in [0.4, 0.5) is 10.1 Å². The maximum atomic E-state index is 13.7. The second-order valence-electron chi connectivity index (χ2n) is 6.20. The van der Waals surface area contributed by atoms with E-state index in [-0.39, 0.29) is 10.6 Å². The summed E-state index contributed by atoms with van der Waals surface area (Å²) in [5.41, 5.74) is 2.87. The van der Waals surface area contributed by atoms with E-state index in [4.69, 9.17) is 16.3 Å². The molecule has 4 nitrogen and oxygen atoms in total. The highest BCUT2D eigenvalue weighted by Gasteiger charge is 2.19. The Morgan fingerprint density at radius 3 is 2.32 bits per heavy atom. The first-order chi connectivity index (χ1) is 13.4. The first-order valence-corrected chi connectivity index (χ1v) is 9.49. The van der Waals surface area contributed by atoms with Crippen molar-refractivity contribution >= 4 is 35.2 Å². The molecule has 0 saturated carbocycles. The number of carbonyl (C=O) groups is 2. The van der Waals surface area contributed by atoms with E-state index in [2.05, 4.69) is 5.32 Å². The SMILES string of the molecule is CCc1cccc(CC)c1NC(=O)[C@H](C)OC(=O)/C=C/c1c(F)cccc1Cl. The second kappa shape index (κ2) is 10.0. The highest BCUT2D eigenvalue weighted by atomic mass is 35.5. The fraction of sp³-hybridized carbons (Fsp3) is 0.273. The largest absolute Gasteiger partial charge is 0.449 e. The third kappa shape index (κ3) is 5.42. The van der Waals surface area contributed by atoms with E-state index in [0.717, 1.165) is 35.7 Å². The van der Waals surface area contributed by atoms with Gasteiger partial charge in [-0.05, 0) is 49.1 Å². The van der Waals surface area contributed by atoms with Gasteiger partial charge in [-0.3, -0.25) is 4.79 Å². The molecule has 0 fully saturated rings. The number of hydrogen-bond donors (Lipinski definition) is 1. The summed E-state index contributed by atoms with van der Waals surface area (Å²) < 4.78 is 18.9. The van der Waals surface area contributed by atoms with Gasteiger partial charge in [-0.2, -0.15) is 0 Å². The predicted octanol–water partition coefficient (Wildman–Crippen LogP) is 5.19. The highest BCUT2D eigenvalue weighted by molar-refractivity contribution is 6.32. The van der Waals surface area contributed by atoms with Crippen LogP contribution in [0.15, 0.2) is 42.5 Å². The molecule has 0 aliphatic carbocycles. The van der Waals surface area contributed by atoms with Gasteiger partial charge in [-0.1, -0.05) is 49.7 Å². The number of rotatable bonds is 7. The van der Waals surface area contributed by atoms with Crippen LogP contribution in [-0.2, 0) is 27.2 Å². The number of aryl methyl sites for hydroxylation is 2. The molecule has 1 atom stereocenters. The summed E-state index contributed by atoms with van der Waals surface area (Å²) in [6, 6.07) is 10.1. The van der Waals surface area contributed by atoms with Crippen molar-refractivity contribution in [1.29, 1.82) is 0 Å². The molecule has 2 aromatic carbocycles. The van der Waals surface area contributed by atoms with E-state index in [9.17, 15) is 14.0 Å². The molecule has 2 rings (SSSR count). The Hall–Kier alpha value is -2.66. The average Bonchev–Trinajstić information content (AvgIpc) is 2.67. The van der Waals surface area contributed by atoms with Gasteiger partial charge in [0.2, 0.25) is 0 Å². The van der Waals surface area contributed by atoms with Crippen LogP contribution >= 0.6 is 11.6 Å². The molecule has 2 aromatic rings.